The molecule has 5 heteroatoms. The van der Waals surface area contributed by atoms with Gasteiger partial charge >= 0.3 is 0 Å². The molecule has 2 aromatic rings. The third-order valence-corrected chi connectivity index (χ3v) is 3.67. The largest absolute Gasteiger partial charge is 0.387 e. The van der Waals surface area contributed by atoms with Gasteiger partial charge in [-0.25, -0.2) is 9.37 Å². The lowest BCUT2D eigenvalue weighted by atomic mass is 10.1. The number of hydrogen-bond acceptors (Lipinski definition) is 4. The third kappa shape index (κ3) is 3.13. The number of aryl methyl sites for hydroxylation is 1. The maximum Gasteiger partial charge on any atom is 0.129 e. The minimum Gasteiger partial charge on any atom is -0.387 e. The van der Waals surface area contributed by atoms with Crippen LogP contribution in [-0.2, 0) is 6.54 Å². The van der Waals surface area contributed by atoms with Gasteiger partial charge in [0.2, 0.25) is 0 Å². The molecule has 0 aliphatic heterocycles. The van der Waals surface area contributed by atoms with Crippen LogP contribution in [0.1, 0.15) is 22.2 Å². The average Bonchev–Trinajstić information content (AvgIpc) is 2.75. The first-order valence-electron chi connectivity index (χ1n) is 5.70. The van der Waals surface area contributed by atoms with Gasteiger partial charge in [-0.3, -0.25) is 0 Å². The number of nitrogens with zero attached hydrogens (tertiary/aromatic N) is 1. The highest BCUT2D eigenvalue weighted by Gasteiger charge is 2.11. The predicted molar refractivity (Wildman–Crippen MR) is 69.9 cm³/mol. The van der Waals surface area contributed by atoms with Crippen molar-refractivity contribution in [1.82, 2.24) is 10.3 Å². The van der Waals surface area contributed by atoms with E-state index in [1.807, 2.05) is 6.92 Å². The lowest BCUT2D eigenvalue weighted by molar-refractivity contribution is 0.170. The van der Waals surface area contributed by atoms with E-state index < -0.39 is 6.10 Å². The quantitative estimate of drug-likeness (QED) is 0.873. The minimum absolute atomic E-state index is 0.318. The molecule has 0 fully saturated rings. The van der Waals surface area contributed by atoms with Crippen LogP contribution in [0.3, 0.4) is 0 Å². The number of rotatable bonds is 5. The van der Waals surface area contributed by atoms with Crippen molar-refractivity contribution in [1.29, 1.82) is 0 Å². The molecule has 0 saturated carbocycles. The zero-order valence-electron chi connectivity index (χ0n) is 10.1. The second-order valence-electron chi connectivity index (χ2n) is 4.03. The Morgan fingerprint density at radius 3 is 2.89 bits per heavy atom. The summed E-state index contributed by atoms with van der Waals surface area (Å²) in [4.78, 5) is 5.28. The van der Waals surface area contributed by atoms with Crippen LogP contribution in [0, 0.1) is 12.7 Å². The molecular formula is C13H15FN2OS. The van der Waals surface area contributed by atoms with E-state index in [1.165, 1.54) is 6.07 Å². The molecule has 0 aliphatic rings. The molecule has 1 aromatic carbocycles. The predicted octanol–water partition coefficient (Wildman–Crippen LogP) is 2.41. The topological polar surface area (TPSA) is 45.2 Å². The van der Waals surface area contributed by atoms with E-state index in [0.717, 1.165) is 10.6 Å². The van der Waals surface area contributed by atoms with Gasteiger partial charge in [-0.1, -0.05) is 18.2 Å². The zero-order valence-corrected chi connectivity index (χ0v) is 10.9. The van der Waals surface area contributed by atoms with Gasteiger partial charge < -0.3 is 10.4 Å². The molecule has 2 N–H and O–H groups in total. The van der Waals surface area contributed by atoms with Crippen LogP contribution in [0.5, 0.6) is 0 Å². The van der Waals surface area contributed by atoms with Gasteiger partial charge in [-0.2, -0.15) is 0 Å². The van der Waals surface area contributed by atoms with Crippen LogP contribution in [0.2, 0.25) is 0 Å². The average molecular weight is 266 g/mol. The van der Waals surface area contributed by atoms with E-state index in [4.69, 9.17) is 0 Å². The van der Waals surface area contributed by atoms with Crippen molar-refractivity contribution in [3.8, 4) is 0 Å². The summed E-state index contributed by atoms with van der Waals surface area (Å²) in [6.07, 6.45) is -0.834. The molecule has 3 nitrogen and oxygen atoms in total. The Hall–Kier alpha value is -1.30. The van der Waals surface area contributed by atoms with Crippen LogP contribution in [0.25, 0.3) is 0 Å². The highest BCUT2D eigenvalue weighted by Crippen LogP contribution is 2.16. The van der Waals surface area contributed by atoms with Crippen molar-refractivity contribution in [2.24, 2.45) is 0 Å². The first-order chi connectivity index (χ1) is 8.68. The summed E-state index contributed by atoms with van der Waals surface area (Å²) in [7, 11) is 0. The summed E-state index contributed by atoms with van der Waals surface area (Å²) in [6, 6.07) is 6.28. The van der Waals surface area contributed by atoms with Gasteiger partial charge in [-0.05, 0) is 13.0 Å². The highest BCUT2D eigenvalue weighted by molar-refractivity contribution is 7.09. The fourth-order valence-electron chi connectivity index (χ4n) is 1.67. The molecule has 1 unspecified atom stereocenters. The number of halogens is 1. The number of aromatic nitrogens is 1. The van der Waals surface area contributed by atoms with Crippen LogP contribution < -0.4 is 5.32 Å². The summed E-state index contributed by atoms with van der Waals surface area (Å²) in [5.41, 5.74) is 3.11. The summed E-state index contributed by atoms with van der Waals surface area (Å²) >= 11 is 1.57. The van der Waals surface area contributed by atoms with E-state index >= 15 is 0 Å². The summed E-state index contributed by atoms with van der Waals surface area (Å²) < 4.78 is 13.4. The second kappa shape index (κ2) is 6.04. The maximum absolute atomic E-state index is 13.4. The molecule has 0 saturated heterocycles. The van der Waals surface area contributed by atoms with Gasteiger partial charge in [0.25, 0.3) is 0 Å². The van der Waals surface area contributed by atoms with Crippen LogP contribution in [0.4, 0.5) is 4.39 Å². The second-order valence-corrected chi connectivity index (χ2v) is 4.97. The summed E-state index contributed by atoms with van der Waals surface area (Å²) in [5, 5.41) is 13.0. The molecule has 0 bridgehead atoms. The molecule has 0 amide bonds. The number of benzene rings is 1. The van der Waals surface area contributed by atoms with Gasteiger partial charge in [0.1, 0.15) is 5.82 Å². The Morgan fingerprint density at radius 1 is 1.44 bits per heavy atom. The van der Waals surface area contributed by atoms with Crippen molar-refractivity contribution in [2.45, 2.75) is 19.6 Å². The molecular weight excluding hydrogens is 251 g/mol. The molecule has 1 aromatic heterocycles. The Balaban J connectivity index is 1.87. The van der Waals surface area contributed by atoms with Crippen molar-refractivity contribution in [2.75, 3.05) is 6.54 Å². The van der Waals surface area contributed by atoms with Crippen molar-refractivity contribution in [3.05, 3.63) is 51.7 Å². The number of aliphatic hydroxyl groups excluding tert-OH is 1. The van der Waals surface area contributed by atoms with E-state index in [1.54, 1.807) is 35.0 Å². The van der Waals surface area contributed by atoms with E-state index in [9.17, 15) is 9.50 Å². The minimum atomic E-state index is -0.834. The highest BCUT2D eigenvalue weighted by atomic mass is 32.1. The summed E-state index contributed by atoms with van der Waals surface area (Å²) in [6.45, 7) is 2.90. The van der Waals surface area contributed by atoms with Gasteiger partial charge in [0.15, 0.2) is 0 Å². The van der Waals surface area contributed by atoms with Crippen molar-refractivity contribution < 1.29 is 9.50 Å². The van der Waals surface area contributed by atoms with E-state index in [-0.39, 0.29) is 5.82 Å². The number of aliphatic hydroxyl groups is 1. The summed E-state index contributed by atoms with van der Waals surface area (Å²) in [5.74, 6) is -0.374. The SMILES string of the molecule is Cc1ncsc1CNCC(O)c1ccccc1F. The lowest BCUT2D eigenvalue weighted by Crippen LogP contribution is -2.21. The smallest absolute Gasteiger partial charge is 0.129 e. The molecule has 1 atom stereocenters. The Kier molecular flexibility index (Phi) is 4.41. The molecule has 2 rings (SSSR count). The fraction of sp³-hybridized carbons (Fsp3) is 0.308. The third-order valence-electron chi connectivity index (χ3n) is 2.73. The first-order valence-corrected chi connectivity index (χ1v) is 6.58. The van der Waals surface area contributed by atoms with Crippen LogP contribution in [0.15, 0.2) is 29.8 Å². The van der Waals surface area contributed by atoms with Crippen molar-refractivity contribution in [3.63, 3.8) is 0 Å². The van der Waals surface area contributed by atoms with E-state index in [2.05, 4.69) is 10.3 Å². The van der Waals surface area contributed by atoms with Gasteiger partial charge in [0, 0.05) is 23.5 Å². The molecule has 96 valence electrons. The number of nitrogens with one attached hydrogen (secondary N) is 1. The van der Waals surface area contributed by atoms with Gasteiger partial charge in [-0.15, -0.1) is 11.3 Å². The molecule has 1 heterocycles. The van der Waals surface area contributed by atoms with Crippen molar-refractivity contribution >= 4 is 11.3 Å². The van der Waals surface area contributed by atoms with E-state index in [0.29, 0.717) is 18.7 Å². The zero-order chi connectivity index (χ0) is 13.0. The number of thiazole rings is 1. The lowest BCUT2D eigenvalue weighted by Gasteiger charge is -2.12. The molecule has 0 spiro atoms. The maximum atomic E-state index is 13.4. The Bertz CT molecular complexity index is 515. The first kappa shape index (κ1) is 13.1. The number of hydrogen-bond donors (Lipinski definition) is 2. The fourth-order valence-corrected chi connectivity index (χ4v) is 2.42. The Morgan fingerprint density at radius 2 is 2.22 bits per heavy atom. The molecule has 0 radical (unpaired) electrons. The van der Waals surface area contributed by atoms with Crippen LogP contribution >= 0.6 is 11.3 Å². The monoisotopic (exact) mass is 266 g/mol. The molecule has 18 heavy (non-hydrogen) atoms. The standard InChI is InChI=1S/C13H15FN2OS/c1-9-13(18-8-16-9)7-15-6-12(17)10-4-2-3-5-11(10)14/h2-5,8,12,15,17H,6-7H2,1H3. The van der Waals surface area contributed by atoms with Crippen LogP contribution in [-0.4, -0.2) is 16.6 Å². The van der Waals surface area contributed by atoms with Gasteiger partial charge in [0.05, 0.1) is 17.3 Å². The Labute approximate surface area is 109 Å². The molecule has 0 aliphatic carbocycles. The normalized spacial score (nSPS) is 12.6.